The fraction of sp³-hybridized carbons (Fsp3) is 0.400. The zero-order valence-electron chi connectivity index (χ0n) is 15.4. The number of Topliss-reactive ketones (excluding diaryl/α,β-unsaturated/α-hetero) is 1. The number of aryl methyl sites for hydroxylation is 1. The van der Waals surface area contributed by atoms with Crippen molar-refractivity contribution in [3.8, 4) is 0 Å². The summed E-state index contributed by atoms with van der Waals surface area (Å²) in [6.07, 6.45) is 0.270. The standard InChI is InChI=1S/C20H24N4O2/c1-13(2)16-7-5-15(6-8-16)10-20(26)21-17-11-24(12-18(17)25)19-9-4-14(3)22-23-19/h4-9,13,17H,10-12H2,1-3H3,(H,21,26)/t17-/m1/s1. The van der Waals surface area contributed by atoms with E-state index in [1.165, 1.54) is 5.56 Å². The molecule has 6 heteroatoms. The van der Waals surface area contributed by atoms with Gasteiger partial charge in [-0.3, -0.25) is 9.59 Å². The molecule has 0 radical (unpaired) electrons. The summed E-state index contributed by atoms with van der Waals surface area (Å²) in [5.41, 5.74) is 3.01. The second-order valence-corrected chi connectivity index (χ2v) is 7.07. The molecule has 0 spiro atoms. The van der Waals surface area contributed by atoms with Crippen molar-refractivity contribution in [1.82, 2.24) is 15.5 Å². The monoisotopic (exact) mass is 352 g/mol. The molecule has 1 amide bonds. The maximum Gasteiger partial charge on any atom is 0.225 e. The first-order valence-electron chi connectivity index (χ1n) is 8.88. The maximum atomic E-state index is 12.3. The molecule has 0 unspecified atom stereocenters. The molecule has 1 aromatic heterocycles. The maximum absolute atomic E-state index is 12.3. The molecule has 1 aromatic carbocycles. The normalized spacial score (nSPS) is 17.0. The summed E-state index contributed by atoms with van der Waals surface area (Å²) in [6.45, 7) is 6.80. The third kappa shape index (κ3) is 4.25. The molecule has 1 N–H and O–H groups in total. The zero-order valence-corrected chi connectivity index (χ0v) is 15.4. The Morgan fingerprint density at radius 3 is 2.54 bits per heavy atom. The van der Waals surface area contributed by atoms with Gasteiger partial charge >= 0.3 is 0 Å². The van der Waals surface area contributed by atoms with Crippen LogP contribution in [0.5, 0.6) is 0 Å². The van der Waals surface area contributed by atoms with Crippen LogP contribution in [-0.4, -0.2) is 41.0 Å². The van der Waals surface area contributed by atoms with Gasteiger partial charge in [0.2, 0.25) is 5.91 Å². The van der Waals surface area contributed by atoms with Crippen LogP contribution in [0.25, 0.3) is 0 Å². The summed E-state index contributed by atoms with van der Waals surface area (Å²) in [6, 6.07) is 11.2. The lowest BCUT2D eigenvalue weighted by atomic mass is 10.0. The summed E-state index contributed by atoms with van der Waals surface area (Å²) < 4.78 is 0. The first-order valence-corrected chi connectivity index (χ1v) is 8.88. The third-order valence-corrected chi connectivity index (χ3v) is 4.59. The van der Waals surface area contributed by atoms with Crippen LogP contribution in [0.1, 0.15) is 36.6 Å². The van der Waals surface area contributed by atoms with E-state index in [0.29, 0.717) is 18.3 Å². The van der Waals surface area contributed by atoms with E-state index in [9.17, 15) is 9.59 Å². The Balaban J connectivity index is 1.57. The average Bonchev–Trinajstić information content (AvgIpc) is 2.96. The molecule has 3 rings (SSSR count). The van der Waals surface area contributed by atoms with Crippen LogP contribution in [-0.2, 0) is 16.0 Å². The third-order valence-electron chi connectivity index (χ3n) is 4.59. The van der Waals surface area contributed by atoms with Crippen molar-refractivity contribution in [2.75, 3.05) is 18.0 Å². The number of carbonyl (C=O) groups is 2. The molecule has 1 aliphatic rings. The molecular formula is C20H24N4O2. The minimum atomic E-state index is -0.499. The van der Waals surface area contributed by atoms with Gasteiger partial charge in [0.1, 0.15) is 6.04 Å². The predicted molar refractivity (Wildman–Crippen MR) is 100 cm³/mol. The van der Waals surface area contributed by atoms with E-state index in [2.05, 4.69) is 29.4 Å². The molecule has 2 aromatic rings. The first kappa shape index (κ1) is 18.0. The molecule has 6 nitrogen and oxygen atoms in total. The molecule has 0 saturated carbocycles. The summed E-state index contributed by atoms with van der Waals surface area (Å²) in [5.74, 6) is 0.975. The number of rotatable bonds is 5. The lowest BCUT2D eigenvalue weighted by Crippen LogP contribution is -2.41. The molecule has 136 valence electrons. The van der Waals surface area contributed by atoms with Gasteiger partial charge in [0.15, 0.2) is 11.6 Å². The van der Waals surface area contributed by atoms with E-state index >= 15 is 0 Å². The number of anilines is 1. The van der Waals surface area contributed by atoms with Gasteiger partial charge in [-0.2, -0.15) is 5.10 Å². The summed E-state index contributed by atoms with van der Waals surface area (Å²) in [7, 11) is 0. The zero-order chi connectivity index (χ0) is 18.7. The molecule has 1 atom stereocenters. The summed E-state index contributed by atoms with van der Waals surface area (Å²) >= 11 is 0. The molecule has 2 heterocycles. The Hall–Kier alpha value is -2.76. The summed E-state index contributed by atoms with van der Waals surface area (Å²) in [5, 5.41) is 11.0. The number of hydrogen-bond acceptors (Lipinski definition) is 5. The number of ketones is 1. The van der Waals surface area contributed by atoms with Gasteiger partial charge in [-0.05, 0) is 36.1 Å². The highest BCUT2D eigenvalue weighted by Crippen LogP contribution is 2.17. The van der Waals surface area contributed by atoms with Crippen LogP contribution in [0.15, 0.2) is 36.4 Å². The number of hydrogen-bond donors (Lipinski definition) is 1. The van der Waals surface area contributed by atoms with Crippen LogP contribution >= 0.6 is 0 Å². The van der Waals surface area contributed by atoms with Gasteiger partial charge in [0.25, 0.3) is 0 Å². The second kappa shape index (κ2) is 7.64. The van der Waals surface area contributed by atoms with E-state index in [4.69, 9.17) is 0 Å². The quantitative estimate of drug-likeness (QED) is 0.891. The lowest BCUT2D eigenvalue weighted by Gasteiger charge is -2.16. The number of carbonyl (C=O) groups excluding carboxylic acids is 2. The van der Waals surface area contributed by atoms with Crippen molar-refractivity contribution in [3.05, 3.63) is 53.2 Å². The van der Waals surface area contributed by atoms with Gasteiger partial charge in [-0.1, -0.05) is 38.1 Å². The lowest BCUT2D eigenvalue weighted by molar-refractivity contribution is -0.125. The number of amides is 1. The van der Waals surface area contributed by atoms with Gasteiger partial charge in [0.05, 0.1) is 18.7 Å². The topological polar surface area (TPSA) is 75.2 Å². The Morgan fingerprint density at radius 1 is 1.19 bits per heavy atom. The van der Waals surface area contributed by atoms with Crippen molar-refractivity contribution < 1.29 is 9.59 Å². The van der Waals surface area contributed by atoms with Crippen LogP contribution in [0.3, 0.4) is 0 Å². The van der Waals surface area contributed by atoms with E-state index in [-0.39, 0.29) is 24.7 Å². The number of nitrogens with one attached hydrogen (secondary N) is 1. The van der Waals surface area contributed by atoms with Crippen molar-refractivity contribution in [2.45, 2.75) is 39.2 Å². The Kier molecular flexibility index (Phi) is 5.30. The smallest absolute Gasteiger partial charge is 0.225 e. The van der Waals surface area contributed by atoms with Gasteiger partial charge in [-0.25, -0.2) is 0 Å². The number of benzene rings is 1. The van der Waals surface area contributed by atoms with E-state index < -0.39 is 6.04 Å². The number of aromatic nitrogens is 2. The second-order valence-electron chi connectivity index (χ2n) is 7.07. The fourth-order valence-corrected chi connectivity index (χ4v) is 3.00. The minimum Gasteiger partial charge on any atom is -0.345 e. The SMILES string of the molecule is Cc1ccc(N2CC(=O)[C@H](NC(=O)Cc3ccc(C(C)C)cc3)C2)nn1. The van der Waals surface area contributed by atoms with Crippen molar-refractivity contribution in [2.24, 2.45) is 0 Å². The highest BCUT2D eigenvalue weighted by molar-refractivity contribution is 5.95. The molecule has 1 fully saturated rings. The van der Waals surface area contributed by atoms with Crippen molar-refractivity contribution >= 4 is 17.5 Å². The fourth-order valence-electron chi connectivity index (χ4n) is 3.00. The molecule has 1 aliphatic heterocycles. The molecule has 26 heavy (non-hydrogen) atoms. The van der Waals surface area contributed by atoms with E-state index in [1.807, 2.05) is 48.2 Å². The average molecular weight is 352 g/mol. The first-order chi connectivity index (χ1) is 12.4. The molecule has 1 saturated heterocycles. The highest BCUT2D eigenvalue weighted by Gasteiger charge is 2.32. The largest absolute Gasteiger partial charge is 0.345 e. The van der Waals surface area contributed by atoms with Crippen molar-refractivity contribution in [1.29, 1.82) is 0 Å². The Labute approximate surface area is 153 Å². The van der Waals surface area contributed by atoms with Gasteiger partial charge in [0, 0.05) is 6.54 Å². The van der Waals surface area contributed by atoms with E-state index in [1.54, 1.807) is 0 Å². The Morgan fingerprint density at radius 2 is 1.92 bits per heavy atom. The van der Waals surface area contributed by atoms with Gasteiger partial charge in [-0.15, -0.1) is 5.10 Å². The van der Waals surface area contributed by atoms with Gasteiger partial charge < -0.3 is 10.2 Å². The van der Waals surface area contributed by atoms with E-state index in [0.717, 1.165) is 11.3 Å². The highest BCUT2D eigenvalue weighted by atomic mass is 16.2. The Bertz CT molecular complexity index is 784. The predicted octanol–water partition coefficient (Wildman–Crippen LogP) is 2.03. The molecule has 0 aliphatic carbocycles. The van der Waals surface area contributed by atoms with Crippen LogP contribution in [0.2, 0.25) is 0 Å². The van der Waals surface area contributed by atoms with Crippen LogP contribution in [0, 0.1) is 6.92 Å². The minimum absolute atomic E-state index is 0.00381. The summed E-state index contributed by atoms with van der Waals surface area (Å²) in [4.78, 5) is 26.4. The number of nitrogens with zero attached hydrogens (tertiary/aromatic N) is 3. The van der Waals surface area contributed by atoms with Crippen LogP contribution < -0.4 is 10.2 Å². The van der Waals surface area contributed by atoms with Crippen LogP contribution in [0.4, 0.5) is 5.82 Å². The molecule has 0 bridgehead atoms. The molecular weight excluding hydrogens is 328 g/mol. The van der Waals surface area contributed by atoms with Crippen molar-refractivity contribution in [3.63, 3.8) is 0 Å².